The Bertz CT molecular complexity index is 827. The summed E-state index contributed by atoms with van der Waals surface area (Å²) < 4.78 is 12.9. The molecule has 114 valence electrons. The normalized spacial score (nSPS) is 10.3. The summed E-state index contributed by atoms with van der Waals surface area (Å²) in [7, 11) is 0. The number of nitrogens with zero attached hydrogens (tertiary/aromatic N) is 1. The van der Waals surface area contributed by atoms with E-state index in [4.69, 9.17) is 0 Å². The van der Waals surface area contributed by atoms with E-state index in [0.717, 1.165) is 16.8 Å². The van der Waals surface area contributed by atoms with Gasteiger partial charge in [0, 0.05) is 23.0 Å². The number of carbonyl (C=O) groups excluding carboxylic acids is 1. The molecule has 0 radical (unpaired) electrons. The number of amides is 1. The minimum atomic E-state index is -0.335. The van der Waals surface area contributed by atoms with Gasteiger partial charge in [0.25, 0.3) is 5.91 Å². The van der Waals surface area contributed by atoms with Gasteiger partial charge < -0.3 is 5.32 Å². The minimum Gasteiger partial charge on any atom is -0.322 e. The number of nitrogens with one attached hydrogen (secondary N) is 1. The van der Waals surface area contributed by atoms with Crippen LogP contribution in [0.5, 0.6) is 0 Å². The van der Waals surface area contributed by atoms with E-state index in [-0.39, 0.29) is 11.7 Å². The lowest BCUT2D eigenvalue weighted by atomic mass is 10.1. The van der Waals surface area contributed by atoms with Gasteiger partial charge in [-0.3, -0.25) is 9.78 Å². The Morgan fingerprint density at radius 1 is 1.00 bits per heavy atom. The average molecular weight is 306 g/mol. The number of halogens is 1. The van der Waals surface area contributed by atoms with Crippen molar-refractivity contribution in [1.82, 2.24) is 4.98 Å². The van der Waals surface area contributed by atoms with E-state index in [1.54, 1.807) is 18.3 Å². The van der Waals surface area contributed by atoms with Gasteiger partial charge in [0.15, 0.2) is 0 Å². The van der Waals surface area contributed by atoms with E-state index < -0.39 is 0 Å². The smallest absolute Gasteiger partial charge is 0.255 e. The van der Waals surface area contributed by atoms with Crippen molar-refractivity contribution in [2.24, 2.45) is 0 Å². The second kappa shape index (κ2) is 6.40. The first-order chi connectivity index (χ1) is 11.1. The van der Waals surface area contributed by atoms with E-state index in [9.17, 15) is 9.18 Å². The van der Waals surface area contributed by atoms with Crippen LogP contribution in [0.25, 0.3) is 11.3 Å². The van der Waals surface area contributed by atoms with Crippen LogP contribution in [-0.2, 0) is 0 Å². The van der Waals surface area contributed by atoms with E-state index in [1.165, 1.54) is 24.3 Å². The number of hydrogen-bond donors (Lipinski definition) is 1. The molecule has 0 bridgehead atoms. The monoisotopic (exact) mass is 306 g/mol. The van der Waals surface area contributed by atoms with Gasteiger partial charge in [-0.05, 0) is 61.0 Å². The molecule has 0 saturated carbocycles. The zero-order chi connectivity index (χ0) is 16.2. The highest BCUT2D eigenvalue weighted by Crippen LogP contribution is 2.19. The van der Waals surface area contributed by atoms with E-state index in [0.29, 0.717) is 11.3 Å². The Labute approximate surface area is 133 Å². The number of benzene rings is 2. The average Bonchev–Trinajstić information content (AvgIpc) is 2.57. The SMILES string of the molecule is Cc1ccnc(-c2ccc(C(=O)Nc3ccc(F)cc3)cc2)c1. The highest BCUT2D eigenvalue weighted by Gasteiger charge is 2.07. The Morgan fingerprint density at radius 2 is 1.70 bits per heavy atom. The van der Waals surface area contributed by atoms with Crippen molar-refractivity contribution >= 4 is 11.6 Å². The summed E-state index contributed by atoms with van der Waals surface area (Å²) >= 11 is 0. The van der Waals surface area contributed by atoms with Gasteiger partial charge in [-0.15, -0.1) is 0 Å². The summed E-state index contributed by atoms with van der Waals surface area (Å²) in [4.78, 5) is 16.5. The van der Waals surface area contributed by atoms with Crippen LogP contribution in [0.4, 0.5) is 10.1 Å². The first kappa shape index (κ1) is 14.9. The maximum atomic E-state index is 12.9. The Morgan fingerprint density at radius 3 is 2.35 bits per heavy atom. The van der Waals surface area contributed by atoms with Crippen LogP contribution in [-0.4, -0.2) is 10.9 Å². The molecule has 23 heavy (non-hydrogen) atoms. The lowest BCUT2D eigenvalue weighted by Crippen LogP contribution is -2.11. The molecule has 0 unspecified atom stereocenters. The zero-order valence-electron chi connectivity index (χ0n) is 12.6. The van der Waals surface area contributed by atoms with Gasteiger partial charge in [0.2, 0.25) is 0 Å². The molecule has 0 aliphatic carbocycles. The summed E-state index contributed by atoms with van der Waals surface area (Å²) in [5, 5.41) is 2.73. The third-order valence-electron chi connectivity index (χ3n) is 3.46. The quantitative estimate of drug-likeness (QED) is 0.777. The second-order valence-electron chi connectivity index (χ2n) is 5.26. The molecule has 0 aliphatic rings. The van der Waals surface area contributed by atoms with Crippen LogP contribution in [0.1, 0.15) is 15.9 Å². The molecule has 1 aromatic heterocycles. The first-order valence-electron chi connectivity index (χ1n) is 7.22. The molecule has 3 nitrogen and oxygen atoms in total. The number of carbonyl (C=O) groups is 1. The molecule has 3 rings (SSSR count). The Hall–Kier alpha value is -3.01. The van der Waals surface area contributed by atoms with Crippen LogP contribution in [0.2, 0.25) is 0 Å². The fourth-order valence-electron chi connectivity index (χ4n) is 2.22. The van der Waals surface area contributed by atoms with Gasteiger partial charge in [-0.1, -0.05) is 12.1 Å². The molecule has 1 heterocycles. The summed E-state index contributed by atoms with van der Waals surface area (Å²) in [5.41, 5.74) is 4.04. The molecule has 0 aliphatic heterocycles. The van der Waals surface area contributed by atoms with E-state index >= 15 is 0 Å². The van der Waals surface area contributed by atoms with Crippen molar-refractivity contribution in [2.45, 2.75) is 6.92 Å². The minimum absolute atomic E-state index is 0.236. The summed E-state index contributed by atoms with van der Waals surface area (Å²) in [6.45, 7) is 2.01. The molecular weight excluding hydrogens is 291 g/mol. The summed E-state index contributed by atoms with van der Waals surface area (Å²) in [6.07, 6.45) is 1.76. The van der Waals surface area contributed by atoms with Gasteiger partial charge in [-0.2, -0.15) is 0 Å². The van der Waals surface area contributed by atoms with Crippen molar-refractivity contribution in [3.05, 3.63) is 83.8 Å². The molecule has 0 fully saturated rings. The second-order valence-corrected chi connectivity index (χ2v) is 5.26. The van der Waals surface area contributed by atoms with Crippen LogP contribution < -0.4 is 5.32 Å². The van der Waals surface area contributed by atoms with E-state index in [1.807, 2.05) is 31.2 Å². The molecule has 2 aromatic carbocycles. The van der Waals surface area contributed by atoms with Crippen molar-refractivity contribution < 1.29 is 9.18 Å². The van der Waals surface area contributed by atoms with Crippen molar-refractivity contribution in [1.29, 1.82) is 0 Å². The van der Waals surface area contributed by atoms with Gasteiger partial charge in [0.05, 0.1) is 5.69 Å². The van der Waals surface area contributed by atoms with Gasteiger partial charge in [0.1, 0.15) is 5.82 Å². The Balaban J connectivity index is 1.76. The summed E-state index contributed by atoms with van der Waals surface area (Å²) in [6, 6.07) is 16.8. The molecule has 0 saturated heterocycles. The molecule has 0 spiro atoms. The molecule has 0 atom stereocenters. The van der Waals surface area contributed by atoms with Gasteiger partial charge >= 0.3 is 0 Å². The molecule has 4 heteroatoms. The largest absolute Gasteiger partial charge is 0.322 e. The van der Waals surface area contributed by atoms with Crippen LogP contribution in [0.3, 0.4) is 0 Å². The predicted molar refractivity (Wildman–Crippen MR) is 88.8 cm³/mol. The summed E-state index contributed by atoms with van der Waals surface area (Å²) in [5.74, 6) is -0.571. The molecule has 1 amide bonds. The molecule has 1 N–H and O–H groups in total. The fourth-order valence-corrected chi connectivity index (χ4v) is 2.22. The molecular formula is C19H15FN2O. The lowest BCUT2D eigenvalue weighted by molar-refractivity contribution is 0.102. The van der Waals surface area contributed by atoms with Crippen LogP contribution in [0, 0.1) is 12.7 Å². The standard InChI is InChI=1S/C19H15FN2O/c1-13-10-11-21-18(12-13)14-2-4-15(5-3-14)19(23)22-17-8-6-16(20)7-9-17/h2-12H,1H3,(H,22,23). The number of pyridine rings is 1. The highest BCUT2D eigenvalue weighted by atomic mass is 19.1. The highest BCUT2D eigenvalue weighted by molar-refractivity contribution is 6.04. The zero-order valence-corrected chi connectivity index (χ0v) is 12.6. The molecule has 3 aromatic rings. The van der Waals surface area contributed by atoms with Gasteiger partial charge in [-0.25, -0.2) is 4.39 Å². The number of anilines is 1. The number of aromatic nitrogens is 1. The van der Waals surface area contributed by atoms with Crippen molar-refractivity contribution in [2.75, 3.05) is 5.32 Å². The van der Waals surface area contributed by atoms with Crippen molar-refractivity contribution in [3.63, 3.8) is 0 Å². The van der Waals surface area contributed by atoms with Crippen LogP contribution in [0.15, 0.2) is 66.9 Å². The van der Waals surface area contributed by atoms with Crippen LogP contribution >= 0.6 is 0 Å². The number of aryl methyl sites for hydroxylation is 1. The number of hydrogen-bond acceptors (Lipinski definition) is 2. The maximum absolute atomic E-state index is 12.9. The number of rotatable bonds is 3. The predicted octanol–water partition coefficient (Wildman–Crippen LogP) is 4.45. The maximum Gasteiger partial charge on any atom is 0.255 e. The topological polar surface area (TPSA) is 42.0 Å². The third-order valence-corrected chi connectivity index (χ3v) is 3.46. The van der Waals surface area contributed by atoms with E-state index in [2.05, 4.69) is 10.3 Å². The third kappa shape index (κ3) is 3.61. The van der Waals surface area contributed by atoms with Crippen molar-refractivity contribution in [3.8, 4) is 11.3 Å². The lowest BCUT2D eigenvalue weighted by Gasteiger charge is -2.06. The fraction of sp³-hybridized carbons (Fsp3) is 0.0526. The first-order valence-corrected chi connectivity index (χ1v) is 7.22. The Kier molecular flexibility index (Phi) is 4.15.